The zero-order chi connectivity index (χ0) is 16.2. The second kappa shape index (κ2) is 8.87. The number of nitrogens with two attached hydrogens (primary N) is 1. The lowest BCUT2D eigenvalue weighted by atomic mass is 9.73. The molecule has 2 unspecified atom stereocenters. The molecule has 1 fully saturated rings. The molecule has 0 spiro atoms. The predicted octanol–water partition coefficient (Wildman–Crippen LogP) is 4.10. The predicted molar refractivity (Wildman–Crippen MR) is 109 cm³/mol. The lowest BCUT2D eigenvalue weighted by Crippen LogP contribution is -2.39. The van der Waals surface area contributed by atoms with Crippen molar-refractivity contribution in [2.24, 2.45) is 16.1 Å². The van der Waals surface area contributed by atoms with E-state index in [1.54, 1.807) is 0 Å². The minimum Gasteiger partial charge on any atom is -0.392 e. The molecule has 0 saturated heterocycles. The fourth-order valence-electron chi connectivity index (χ4n) is 2.99. The molecule has 2 atom stereocenters. The molecule has 23 heavy (non-hydrogen) atoms. The average molecular weight is 431 g/mol. The summed E-state index contributed by atoms with van der Waals surface area (Å²) in [6.45, 7) is 7.01. The van der Waals surface area contributed by atoms with Gasteiger partial charge in [0.1, 0.15) is 0 Å². The van der Waals surface area contributed by atoms with Gasteiger partial charge in [0.15, 0.2) is 5.96 Å². The van der Waals surface area contributed by atoms with Gasteiger partial charge in [-0.3, -0.25) is 4.99 Å². The third kappa shape index (κ3) is 5.64. The molecule has 1 aliphatic rings. The van der Waals surface area contributed by atoms with Gasteiger partial charge in [-0.1, -0.05) is 45.7 Å². The molecule has 5 heteroatoms. The van der Waals surface area contributed by atoms with Crippen molar-refractivity contribution in [2.45, 2.75) is 58.5 Å². The number of anilines is 1. The highest BCUT2D eigenvalue weighted by atomic mass is 127. The van der Waals surface area contributed by atoms with Crippen LogP contribution in [0.15, 0.2) is 29.3 Å². The standard InChI is InChI=1S/C18H29N3O.HI/c1-13(2)14-7-6-8-15(11-14)21-17(19)20-12-18(3)10-5-4-9-16(18)22;/h6-8,11,13,16,22H,4-5,9-10,12H2,1-3H3,(H3,19,20,21);1H. The highest BCUT2D eigenvalue weighted by molar-refractivity contribution is 14.0. The highest BCUT2D eigenvalue weighted by Crippen LogP contribution is 2.36. The molecule has 1 aromatic rings. The summed E-state index contributed by atoms with van der Waals surface area (Å²) in [5.41, 5.74) is 8.09. The van der Waals surface area contributed by atoms with Crippen molar-refractivity contribution in [3.63, 3.8) is 0 Å². The summed E-state index contributed by atoms with van der Waals surface area (Å²) in [7, 11) is 0. The van der Waals surface area contributed by atoms with Crippen molar-refractivity contribution in [3.8, 4) is 0 Å². The van der Waals surface area contributed by atoms with Crippen LogP contribution >= 0.6 is 24.0 Å². The molecule has 4 nitrogen and oxygen atoms in total. The van der Waals surface area contributed by atoms with Crippen LogP contribution < -0.4 is 11.1 Å². The minimum absolute atomic E-state index is 0. The molecular formula is C18H30IN3O. The molecule has 0 radical (unpaired) electrons. The van der Waals surface area contributed by atoms with Crippen LogP contribution in [0.3, 0.4) is 0 Å². The topological polar surface area (TPSA) is 70.6 Å². The quantitative estimate of drug-likeness (QED) is 0.382. The van der Waals surface area contributed by atoms with Crippen LogP contribution in [-0.4, -0.2) is 23.7 Å². The second-order valence-corrected chi connectivity index (χ2v) is 7.02. The van der Waals surface area contributed by atoms with Crippen LogP contribution in [-0.2, 0) is 0 Å². The fourth-order valence-corrected chi connectivity index (χ4v) is 2.99. The number of aliphatic hydroxyl groups is 1. The maximum atomic E-state index is 10.2. The van der Waals surface area contributed by atoms with Crippen LogP contribution in [0.2, 0.25) is 0 Å². The van der Waals surface area contributed by atoms with E-state index in [4.69, 9.17) is 5.73 Å². The van der Waals surface area contributed by atoms with E-state index in [9.17, 15) is 5.11 Å². The Morgan fingerprint density at radius 1 is 1.43 bits per heavy atom. The summed E-state index contributed by atoms with van der Waals surface area (Å²) in [5, 5.41) is 13.4. The van der Waals surface area contributed by atoms with Crippen molar-refractivity contribution >= 4 is 35.6 Å². The first-order valence-corrected chi connectivity index (χ1v) is 8.26. The van der Waals surface area contributed by atoms with Gasteiger partial charge in [0.2, 0.25) is 0 Å². The molecule has 2 rings (SSSR count). The van der Waals surface area contributed by atoms with Gasteiger partial charge >= 0.3 is 0 Å². The monoisotopic (exact) mass is 431 g/mol. The number of hydrogen-bond acceptors (Lipinski definition) is 2. The van der Waals surface area contributed by atoms with Crippen molar-refractivity contribution in [1.82, 2.24) is 0 Å². The number of aliphatic imine (C=N–C) groups is 1. The Labute approximate surface area is 157 Å². The Kier molecular flexibility index (Phi) is 7.80. The average Bonchev–Trinajstić information content (AvgIpc) is 2.49. The summed E-state index contributed by atoms with van der Waals surface area (Å²) in [6.07, 6.45) is 3.87. The highest BCUT2D eigenvalue weighted by Gasteiger charge is 2.35. The first kappa shape index (κ1) is 20.2. The summed E-state index contributed by atoms with van der Waals surface area (Å²) in [6, 6.07) is 8.23. The molecule has 4 N–H and O–H groups in total. The Balaban J connectivity index is 0.00000264. The van der Waals surface area contributed by atoms with E-state index in [-0.39, 0.29) is 35.5 Å². The number of aliphatic hydroxyl groups excluding tert-OH is 1. The van der Waals surface area contributed by atoms with Gasteiger partial charge in [-0.2, -0.15) is 0 Å². The van der Waals surface area contributed by atoms with Crippen LogP contribution in [0.5, 0.6) is 0 Å². The molecule has 0 heterocycles. The molecule has 1 aliphatic carbocycles. The minimum atomic E-state index is -0.276. The molecule has 0 aliphatic heterocycles. The largest absolute Gasteiger partial charge is 0.392 e. The van der Waals surface area contributed by atoms with E-state index in [2.05, 4.69) is 43.2 Å². The van der Waals surface area contributed by atoms with Crippen molar-refractivity contribution in [1.29, 1.82) is 0 Å². The SMILES string of the molecule is CC(C)c1cccc(NC(N)=NCC2(C)CCCCC2O)c1.I. The number of rotatable bonds is 4. The Hall–Kier alpha value is -0.820. The lowest BCUT2D eigenvalue weighted by molar-refractivity contribution is 0.00724. The van der Waals surface area contributed by atoms with Crippen LogP contribution in [0.4, 0.5) is 5.69 Å². The van der Waals surface area contributed by atoms with Crippen molar-refractivity contribution < 1.29 is 5.11 Å². The molecule has 0 bridgehead atoms. The molecule has 1 saturated carbocycles. The van der Waals surface area contributed by atoms with Gasteiger partial charge in [0, 0.05) is 11.1 Å². The van der Waals surface area contributed by atoms with E-state index < -0.39 is 0 Å². The van der Waals surface area contributed by atoms with Gasteiger partial charge in [0.25, 0.3) is 0 Å². The number of nitrogens with zero attached hydrogens (tertiary/aromatic N) is 1. The maximum absolute atomic E-state index is 10.2. The molecule has 130 valence electrons. The lowest BCUT2D eigenvalue weighted by Gasteiger charge is -2.37. The van der Waals surface area contributed by atoms with Crippen LogP contribution in [0.1, 0.15) is 57.9 Å². The number of benzene rings is 1. The van der Waals surface area contributed by atoms with Crippen molar-refractivity contribution in [2.75, 3.05) is 11.9 Å². The summed E-state index contributed by atoms with van der Waals surface area (Å²) >= 11 is 0. The van der Waals surface area contributed by atoms with E-state index in [1.807, 2.05) is 12.1 Å². The van der Waals surface area contributed by atoms with E-state index >= 15 is 0 Å². The van der Waals surface area contributed by atoms with Crippen molar-refractivity contribution in [3.05, 3.63) is 29.8 Å². The Morgan fingerprint density at radius 3 is 2.83 bits per heavy atom. The zero-order valence-electron chi connectivity index (χ0n) is 14.4. The van der Waals surface area contributed by atoms with Gasteiger partial charge < -0.3 is 16.2 Å². The first-order chi connectivity index (χ1) is 10.4. The van der Waals surface area contributed by atoms with E-state index in [0.29, 0.717) is 18.4 Å². The van der Waals surface area contributed by atoms with E-state index in [1.165, 1.54) is 5.56 Å². The maximum Gasteiger partial charge on any atom is 0.193 e. The first-order valence-electron chi connectivity index (χ1n) is 8.26. The number of nitrogens with one attached hydrogen (secondary N) is 1. The second-order valence-electron chi connectivity index (χ2n) is 7.02. The van der Waals surface area contributed by atoms with E-state index in [0.717, 1.165) is 31.4 Å². The number of halogens is 1. The summed E-state index contributed by atoms with van der Waals surface area (Å²) in [5.74, 6) is 0.899. The fraction of sp³-hybridized carbons (Fsp3) is 0.611. The number of hydrogen-bond donors (Lipinski definition) is 3. The Bertz CT molecular complexity index is 533. The van der Waals surface area contributed by atoms with Crippen LogP contribution in [0, 0.1) is 5.41 Å². The third-order valence-electron chi connectivity index (χ3n) is 4.72. The Morgan fingerprint density at radius 2 is 2.17 bits per heavy atom. The number of guanidine groups is 1. The summed E-state index contributed by atoms with van der Waals surface area (Å²) in [4.78, 5) is 4.46. The zero-order valence-corrected chi connectivity index (χ0v) is 16.7. The van der Waals surface area contributed by atoms with Crippen LogP contribution in [0.25, 0.3) is 0 Å². The van der Waals surface area contributed by atoms with Gasteiger partial charge in [0.05, 0.1) is 12.6 Å². The molecule has 0 aromatic heterocycles. The smallest absolute Gasteiger partial charge is 0.193 e. The normalized spacial score (nSPS) is 25.1. The molecular weight excluding hydrogens is 401 g/mol. The van der Waals surface area contributed by atoms with Gasteiger partial charge in [-0.15, -0.1) is 24.0 Å². The summed E-state index contributed by atoms with van der Waals surface area (Å²) < 4.78 is 0. The van der Waals surface area contributed by atoms with Gasteiger partial charge in [-0.25, -0.2) is 0 Å². The van der Waals surface area contributed by atoms with Gasteiger partial charge in [-0.05, 0) is 36.5 Å². The molecule has 0 amide bonds. The third-order valence-corrected chi connectivity index (χ3v) is 4.72. The molecule has 1 aromatic carbocycles.